The van der Waals surface area contributed by atoms with Gasteiger partial charge in [-0.25, -0.2) is 9.18 Å². The lowest BCUT2D eigenvalue weighted by Crippen LogP contribution is -2.10. The van der Waals surface area contributed by atoms with Gasteiger partial charge in [0.05, 0.1) is 11.1 Å². The molecule has 0 aromatic heterocycles. The topological polar surface area (TPSA) is 52.6 Å². The summed E-state index contributed by atoms with van der Waals surface area (Å²) in [6.45, 7) is 0. The van der Waals surface area contributed by atoms with Gasteiger partial charge in [0.2, 0.25) is 5.78 Å². The van der Waals surface area contributed by atoms with Crippen LogP contribution in [-0.4, -0.2) is 11.8 Å². The molecule has 0 spiro atoms. The molecular formula is C22H11Cl2FO4. The fraction of sp³-hybridized carbons (Fsp3) is 0. The van der Waals surface area contributed by atoms with E-state index in [0.29, 0.717) is 21.2 Å². The number of esters is 1. The predicted octanol–water partition coefficient (Wildman–Crippen LogP) is 5.97. The van der Waals surface area contributed by atoms with E-state index in [2.05, 4.69) is 0 Å². The van der Waals surface area contributed by atoms with Crippen molar-refractivity contribution in [1.82, 2.24) is 0 Å². The Bertz CT molecular complexity index is 1170. The molecule has 0 fully saturated rings. The molecule has 0 unspecified atom stereocenters. The van der Waals surface area contributed by atoms with E-state index in [0.717, 1.165) is 6.07 Å². The normalized spacial score (nSPS) is 13.9. The van der Waals surface area contributed by atoms with E-state index in [9.17, 15) is 14.0 Å². The first-order valence-electron chi connectivity index (χ1n) is 8.43. The van der Waals surface area contributed by atoms with Crippen LogP contribution in [0, 0.1) is 5.82 Å². The van der Waals surface area contributed by atoms with Gasteiger partial charge in [0, 0.05) is 21.7 Å². The molecular weight excluding hydrogens is 418 g/mol. The minimum Gasteiger partial charge on any atom is -0.452 e. The molecule has 0 N–H and O–H groups in total. The molecule has 0 atom stereocenters. The molecule has 4 rings (SSSR count). The minimum atomic E-state index is -0.856. The van der Waals surface area contributed by atoms with Gasteiger partial charge in [-0.15, -0.1) is 0 Å². The van der Waals surface area contributed by atoms with E-state index in [-0.39, 0.29) is 28.6 Å². The molecule has 1 aliphatic rings. The highest BCUT2D eigenvalue weighted by Gasteiger charge is 2.28. The van der Waals surface area contributed by atoms with E-state index in [4.69, 9.17) is 32.7 Å². The third kappa shape index (κ3) is 3.75. The van der Waals surface area contributed by atoms with Crippen molar-refractivity contribution in [2.45, 2.75) is 0 Å². The van der Waals surface area contributed by atoms with Crippen molar-refractivity contribution < 1.29 is 23.5 Å². The van der Waals surface area contributed by atoms with Crippen LogP contribution in [0.5, 0.6) is 11.5 Å². The van der Waals surface area contributed by atoms with Gasteiger partial charge in [-0.2, -0.15) is 0 Å². The lowest BCUT2D eigenvalue weighted by atomic mass is 10.1. The van der Waals surface area contributed by atoms with Gasteiger partial charge in [-0.1, -0.05) is 41.4 Å². The van der Waals surface area contributed by atoms with Crippen molar-refractivity contribution in [2.24, 2.45) is 0 Å². The number of ether oxygens (including phenoxy) is 2. The van der Waals surface area contributed by atoms with Crippen LogP contribution in [0.4, 0.5) is 4.39 Å². The Hall–Kier alpha value is -3.15. The molecule has 29 heavy (non-hydrogen) atoms. The zero-order valence-electron chi connectivity index (χ0n) is 14.6. The third-order valence-corrected chi connectivity index (χ3v) is 4.88. The highest BCUT2D eigenvalue weighted by Crippen LogP contribution is 2.36. The van der Waals surface area contributed by atoms with Crippen LogP contribution in [0.3, 0.4) is 0 Å². The van der Waals surface area contributed by atoms with Crippen molar-refractivity contribution in [3.63, 3.8) is 0 Å². The maximum Gasteiger partial charge on any atom is 0.346 e. The number of Topliss-reactive ketones (excluding diaryl/α,β-unsaturated/α-hetero) is 1. The summed E-state index contributed by atoms with van der Waals surface area (Å²) in [5.74, 6) is -1.54. The Morgan fingerprint density at radius 2 is 1.72 bits per heavy atom. The Kier molecular flexibility index (Phi) is 5.09. The van der Waals surface area contributed by atoms with Gasteiger partial charge in [0.1, 0.15) is 17.3 Å². The summed E-state index contributed by atoms with van der Waals surface area (Å²) in [6, 6.07) is 14.8. The van der Waals surface area contributed by atoms with E-state index < -0.39 is 11.8 Å². The number of carbonyl (C=O) groups is 2. The standard InChI is InChI=1S/C22H11Cl2FO4/c23-16-5-3-6-17(24)15(16)11-20-21(26)14-9-8-12(10-19(14)29-20)28-22(27)13-4-1-2-7-18(13)25/h1-11H/b20-11-. The van der Waals surface area contributed by atoms with Crippen molar-refractivity contribution >= 4 is 41.0 Å². The molecule has 4 nitrogen and oxygen atoms in total. The number of allylic oxidation sites excluding steroid dienone is 1. The summed E-state index contributed by atoms with van der Waals surface area (Å²) in [6.07, 6.45) is 1.46. The first-order chi connectivity index (χ1) is 13.9. The minimum absolute atomic E-state index is 0.0348. The molecule has 0 aliphatic carbocycles. The maximum absolute atomic E-state index is 13.7. The van der Waals surface area contributed by atoms with Crippen LogP contribution in [0.25, 0.3) is 6.08 Å². The van der Waals surface area contributed by atoms with Crippen LogP contribution in [0.15, 0.2) is 66.4 Å². The van der Waals surface area contributed by atoms with E-state index in [1.54, 1.807) is 18.2 Å². The number of carbonyl (C=O) groups excluding carboxylic acids is 2. The molecule has 1 aliphatic heterocycles. The molecule has 0 bridgehead atoms. The molecule has 0 radical (unpaired) electrons. The van der Waals surface area contributed by atoms with Crippen LogP contribution in [-0.2, 0) is 0 Å². The van der Waals surface area contributed by atoms with Gasteiger partial charge in [0.25, 0.3) is 0 Å². The van der Waals surface area contributed by atoms with E-state index in [1.807, 2.05) is 0 Å². The zero-order chi connectivity index (χ0) is 20.5. The molecule has 144 valence electrons. The quantitative estimate of drug-likeness (QED) is 0.293. The van der Waals surface area contributed by atoms with Gasteiger partial charge < -0.3 is 9.47 Å². The third-order valence-electron chi connectivity index (χ3n) is 4.22. The molecule has 3 aromatic carbocycles. The fourth-order valence-corrected chi connectivity index (χ4v) is 3.31. The summed E-state index contributed by atoms with van der Waals surface area (Å²) >= 11 is 12.3. The average molecular weight is 429 g/mol. The number of hydrogen-bond donors (Lipinski definition) is 0. The average Bonchev–Trinajstić information content (AvgIpc) is 3.00. The van der Waals surface area contributed by atoms with Gasteiger partial charge in [-0.3, -0.25) is 4.79 Å². The summed E-state index contributed by atoms with van der Waals surface area (Å²) < 4.78 is 24.6. The molecule has 0 saturated carbocycles. The monoisotopic (exact) mass is 428 g/mol. The Morgan fingerprint density at radius 3 is 2.45 bits per heavy atom. The lowest BCUT2D eigenvalue weighted by Gasteiger charge is -2.06. The van der Waals surface area contributed by atoms with Crippen LogP contribution >= 0.6 is 23.2 Å². The Labute approximate surface area is 175 Å². The molecule has 0 saturated heterocycles. The largest absolute Gasteiger partial charge is 0.452 e. The van der Waals surface area contributed by atoms with Gasteiger partial charge >= 0.3 is 5.97 Å². The SMILES string of the molecule is O=C(Oc1ccc2c(c1)O/C(=C\c1c(Cl)cccc1Cl)C2=O)c1ccccc1F. The van der Waals surface area contributed by atoms with Crippen molar-refractivity contribution in [1.29, 1.82) is 0 Å². The first-order valence-corrected chi connectivity index (χ1v) is 9.18. The summed E-state index contributed by atoms with van der Waals surface area (Å²) in [5.41, 5.74) is 0.558. The summed E-state index contributed by atoms with van der Waals surface area (Å²) in [7, 11) is 0. The van der Waals surface area contributed by atoms with Crippen molar-refractivity contribution in [3.05, 3.63) is 99.0 Å². The summed E-state index contributed by atoms with van der Waals surface area (Å²) in [4.78, 5) is 24.8. The number of hydrogen-bond acceptors (Lipinski definition) is 4. The molecule has 7 heteroatoms. The van der Waals surface area contributed by atoms with Gasteiger partial charge in [-0.05, 0) is 42.5 Å². The molecule has 1 heterocycles. The molecule has 0 amide bonds. The number of fused-ring (bicyclic) bond motifs is 1. The lowest BCUT2D eigenvalue weighted by molar-refractivity contribution is 0.0729. The summed E-state index contributed by atoms with van der Waals surface area (Å²) in [5, 5.41) is 0.744. The second kappa shape index (κ2) is 7.70. The molecule has 3 aromatic rings. The van der Waals surface area contributed by atoms with Crippen LogP contribution in [0.1, 0.15) is 26.3 Å². The number of ketones is 1. The van der Waals surface area contributed by atoms with Crippen LogP contribution < -0.4 is 9.47 Å². The van der Waals surface area contributed by atoms with Crippen LogP contribution in [0.2, 0.25) is 10.0 Å². The Balaban J connectivity index is 1.60. The van der Waals surface area contributed by atoms with E-state index >= 15 is 0 Å². The fourth-order valence-electron chi connectivity index (χ4n) is 2.80. The van der Waals surface area contributed by atoms with Crippen molar-refractivity contribution in [3.8, 4) is 11.5 Å². The number of halogens is 3. The van der Waals surface area contributed by atoms with Crippen molar-refractivity contribution in [2.75, 3.05) is 0 Å². The highest BCUT2D eigenvalue weighted by molar-refractivity contribution is 6.37. The number of rotatable bonds is 3. The number of benzene rings is 3. The smallest absolute Gasteiger partial charge is 0.346 e. The van der Waals surface area contributed by atoms with Gasteiger partial charge in [0.15, 0.2) is 5.76 Å². The predicted molar refractivity (Wildman–Crippen MR) is 107 cm³/mol. The first kappa shape index (κ1) is 19.2. The highest BCUT2D eigenvalue weighted by atomic mass is 35.5. The second-order valence-corrected chi connectivity index (χ2v) is 6.92. The zero-order valence-corrected chi connectivity index (χ0v) is 16.1. The maximum atomic E-state index is 13.7. The Morgan fingerprint density at radius 1 is 1.00 bits per heavy atom. The van der Waals surface area contributed by atoms with E-state index in [1.165, 1.54) is 42.5 Å². The second-order valence-electron chi connectivity index (χ2n) is 6.10.